The molecule has 4 aromatic rings. The van der Waals surface area contributed by atoms with Gasteiger partial charge in [-0.25, -0.2) is 0 Å². The number of nitrogens with zero attached hydrogens (tertiary/aromatic N) is 3. The van der Waals surface area contributed by atoms with Crippen LogP contribution in [0, 0.1) is 13.8 Å². The first kappa shape index (κ1) is 23.9. The summed E-state index contributed by atoms with van der Waals surface area (Å²) in [5, 5.41) is 4.68. The Kier molecular flexibility index (Phi) is 6.57. The predicted molar refractivity (Wildman–Crippen MR) is 149 cm³/mol. The number of aryl methyl sites for hydroxylation is 1. The van der Waals surface area contributed by atoms with Crippen molar-refractivity contribution < 1.29 is 4.74 Å². The van der Waals surface area contributed by atoms with Crippen LogP contribution in [0.1, 0.15) is 34.7 Å². The van der Waals surface area contributed by atoms with Gasteiger partial charge < -0.3 is 19.5 Å². The normalized spacial score (nSPS) is 17.5. The van der Waals surface area contributed by atoms with Crippen molar-refractivity contribution in [2.24, 2.45) is 0 Å². The third-order valence-corrected chi connectivity index (χ3v) is 7.52. The number of pyridine rings is 1. The van der Waals surface area contributed by atoms with Crippen LogP contribution in [0.3, 0.4) is 0 Å². The molecule has 1 aliphatic heterocycles. The summed E-state index contributed by atoms with van der Waals surface area (Å²) in [5.74, 6) is 0.625. The average Bonchev–Trinajstić information content (AvgIpc) is 3.35. The van der Waals surface area contributed by atoms with E-state index in [1.165, 1.54) is 5.56 Å². The third-order valence-electron chi connectivity index (χ3n) is 6.39. The molecule has 0 radical (unpaired) electrons. The van der Waals surface area contributed by atoms with Crippen molar-refractivity contribution in [3.05, 3.63) is 105 Å². The van der Waals surface area contributed by atoms with Gasteiger partial charge in [-0.15, -0.1) is 0 Å². The van der Waals surface area contributed by atoms with Crippen LogP contribution < -0.4 is 15.0 Å². The number of aromatic nitrogens is 2. The second-order valence-corrected chi connectivity index (χ2v) is 10.2. The number of benzene rings is 2. The highest BCUT2D eigenvalue weighted by Crippen LogP contribution is 2.45. The topological polar surface area (TPSA) is 42.3 Å². The highest BCUT2D eigenvalue weighted by atomic mass is 79.9. The van der Waals surface area contributed by atoms with Crippen LogP contribution in [0.4, 0.5) is 5.69 Å². The number of halogens is 2. The molecule has 1 fully saturated rings. The number of rotatable bonds is 5. The lowest BCUT2D eigenvalue weighted by Gasteiger charge is -2.28. The van der Waals surface area contributed by atoms with Crippen LogP contribution in [0.25, 0.3) is 5.69 Å². The zero-order valence-corrected chi connectivity index (χ0v) is 22.7. The quantitative estimate of drug-likeness (QED) is 0.261. The summed E-state index contributed by atoms with van der Waals surface area (Å²) >= 11 is 15.9. The van der Waals surface area contributed by atoms with E-state index in [9.17, 15) is 0 Å². The lowest BCUT2D eigenvalue weighted by atomic mass is 9.96. The van der Waals surface area contributed by atoms with Gasteiger partial charge in [0.25, 0.3) is 0 Å². The standard InChI is InChI=1S/C27H24BrClN4OS/c1-16-14-21(17(2)32(16)19-9-7-18(28)8-10-19)26-25(23-6-4-5-13-30-23)31-27(35)33(26)20-11-12-24(34-3)22(29)15-20/h4-15,25-26H,1-3H3,(H,31,35)/t25-,26+/m1/s1. The van der Waals surface area contributed by atoms with Crippen LogP contribution in [-0.4, -0.2) is 21.8 Å². The maximum absolute atomic E-state index is 6.52. The lowest BCUT2D eigenvalue weighted by Crippen LogP contribution is -2.29. The van der Waals surface area contributed by atoms with E-state index < -0.39 is 0 Å². The van der Waals surface area contributed by atoms with Gasteiger partial charge in [0, 0.05) is 33.4 Å². The van der Waals surface area contributed by atoms with Gasteiger partial charge in [-0.2, -0.15) is 0 Å². The molecule has 5 rings (SSSR count). The summed E-state index contributed by atoms with van der Waals surface area (Å²) in [5.41, 5.74) is 6.38. The SMILES string of the molecule is COc1ccc(N2C(=S)N[C@H](c3ccccn3)[C@@H]2c2cc(C)n(-c3ccc(Br)cc3)c2C)cc1Cl. The van der Waals surface area contributed by atoms with E-state index in [4.69, 9.17) is 28.6 Å². The monoisotopic (exact) mass is 566 g/mol. The second-order valence-electron chi connectivity index (χ2n) is 8.45. The number of hydrogen-bond donors (Lipinski definition) is 1. The molecule has 2 aromatic carbocycles. The first-order valence-corrected chi connectivity index (χ1v) is 12.8. The first-order valence-electron chi connectivity index (χ1n) is 11.2. The molecule has 8 heteroatoms. The summed E-state index contributed by atoms with van der Waals surface area (Å²) in [6, 6.07) is 22.0. The third kappa shape index (κ3) is 4.33. The Morgan fingerprint density at radius 2 is 1.77 bits per heavy atom. The number of thiocarbonyl (C=S) groups is 1. The molecule has 35 heavy (non-hydrogen) atoms. The number of nitrogens with one attached hydrogen (secondary N) is 1. The van der Waals surface area contributed by atoms with Gasteiger partial charge in [0.2, 0.25) is 0 Å². The van der Waals surface area contributed by atoms with Gasteiger partial charge in [0.05, 0.1) is 29.9 Å². The Hall–Kier alpha value is -2.87. The van der Waals surface area contributed by atoms with Crippen LogP contribution in [-0.2, 0) is 0 Å². The molecule has 3 heterocycles. The molecule has 0 saturated carbocycles. The molecular formula is C27H24BrClN4OS. The fourth-order valence-corrected chi connectivity index (χ4v) is 5.69. The summed E-state index contributed by atoms with van der Waals surface area (Å²) in [6.45, 7) is 4.28. The van der Waals surface area contributed by atoms with E-state index in [1.54, 1.807) is 7.11 Å². The van der Waals surface area contributed by atoms with Crippen molar-refractivity contribution in [3.8, 4) is 11.4 Å². The van der Waals surface area contributed by atoms with E-state index in [-0.39, 0.29) is 12.1 Å². The minimum absolute atomic E-state index is 0.128. The van der Waals surface area contributed by atoms with E-state index in [2.05, 4.69) is 79.9 Å². The summed E-state index contributed by atoms with van der Waals surface area (Å²) in [4.78, 5) is 6.80. The molecule has 1 aliphatic rings. The molecule has 0 unspecified atom stereocenters. The molecule has 2 aromatic heterocycles. The number of ether oxygens (including phenoxy) is 1. The van der Waals surface area contributed by atoms with Crippen LogP contribution in [0.2, 0.25) is 5.02 Å². The Bertz CT molecular complexity index is 1390. The summed E-state index contributed by atoms with van der Waals surface area (Å²) in [7, 11) is 1.61. The van der Waals surface area contributed by atoms with E-state index >= 15 is 0 Å². The molecule has 1 N–H and O–H groups in total. The van der Waals surface area contributed by atoms with Crippen molar-refractivity contribution in [1.29, 1.82) is 0 Å². The van der Waals surface area contributed by atoms with E-state index in [0.717, 1.165) is 32.9 Å². The molecular weight excluding hydrogens is 544 g/mol. The van der Waals surface area contributed by atoms with Crippen LogP contribution in [0.15, 0.2) is 77.4 Å². The minimum atomic E-state index is -0.136. The predicted octanol–water partition coefficient (Wildman–Crippen LogP) is 7.09. The molecule has 1 saturated heterocycles. The van der Waals surface area contributed by atoms with Crippen molar-refractivity contribution in [1.82, 2.24) is 14.9 Å². The molecule has 178 valence electrons. The number of hydrogen-bond acceptors (Lipinski definition) is 3. The fraction of sp³-hybridized carbons (Fsp3) is 0.185. The second kappa shape index (κ2) is 9.64. The number of methoxy groups -OCH3 is 1. The molecule has 5 nitrogen and oxygen atoms in total. The Morgan fingerprint density at radius 1 is 1.03 bits per heavy atom. The largest absolute Gasteiger partial charge is 0.495 e. The summed E-state index contributed by atoms with van der Waals surface area (Å²) in [6.07, 6.45) is 1.81. The Morgan fingerprint density at radius 3 is 2.43 bits per heavy atom. The molecule has 0 bridgehead atoms. The fourth-order valence-electron chi connectivity index (χ4n) is 4.83. The van der Waals surface area contributed by atoms with E-state index in [0.29, 0.717) is 15.9 Å². The van der Waals surface area contributed by atoms with Crippen molar-refractivity contribution in [2.45, 2.75) is 25.9 Å². The molecule has 0 aliphatic carbocycles. The highest BCUT2D eigenvalue weighted by molar-refractivity contribution is 9.10. The maximum Gasteiger partial charge on any atom is 0.174 e. The first-order chi connectivity index (χ1) is 16.9. The molecule has 0 amide bonds. The van der Waals surface area contributed by atoms with Gasteiger partial charge in [-0.1, -0.05) is 33.6 Å². The average molecular weight is 568 g/mol. The van der Waals surface area contributed by atoms with Crippen molar-refractivity contribution in [3.63, 3.8) is 0 Å². The van der Waals surface area contributed by atoms with Crippen molar-refractivity contribution >= 4 is 50.5 Å². The molecule has 2 atom stereocenters. The maximum atomic E-state index is 6.52. The molecule has 0 spiro atoms. The zero-order valence-electron chi connectivity index (χ0n) is 19.5. The van der Waals surface area contributed by atoms with Gasteiger partial charge in [-0.3, -0.25) is 4.98 Å². The van der Waals surface area contributed by atoms with Crippen molar-refractivity contribution in [2.75, 3.05) is 12.0 Å². The smallest absolute Gasteiger partial charge is 0.174 e. The van der Waals surface area contributed by atoms with Gasteiger partial charge in [0.15, 0.2) is 5.11 Å². The van der Waals surface area contributed by atoms with E-state index in [1.807, 2.05) is 42.6 Å². The lowest BCUT2D eigenvalue weighted by molar-refractivity contribution is 0.415. The van der Waals surface area contributed by atoms with Crippen LogP contribution >= 0.6 is 39.7 Å². The highest BCUT2D eigenvalue weighted by Gasteiger charge is 2.42. The van der Waals surface area contributed by atoms with Crippen LogP contribution in [0.5, 0.6) is 5.75 Å². The zero-order chi connectivity index (χ0) is 24.7. The van der Waals surface area contributed by atoms with Gasteiger partial charge in [0.1, 0.15) is 5.75 Å². The van der Waals surface area contributed by atoms with Gasteiger partial charge >= 0.3 is 0 Å². The van der Waals surface area contributed by atoms with Gasteiger partial charge in [-0.05, 0) is 92.3 Å². The number of anilines is 1. The Balaban J connectivity index is 1.67. The Labute approximate surface area is 223 Å². The summed E-state index contributed by atoms with van der Waals surface area (Å²) < 4.78 is 8.70. The minimum Gasteiger partial charge on any atom is -0.495 e.